The Hall–Kier alpha value is -1.39. The Morgan fingerprint density at radius 1 is 1.43 bits per heavy atom. The van der Waals surface area contributed by atoms with Crippen LogP contribution in [0.25, 0.3) is 0 Å². The van der Waals surface area contributed by atoms with E-state index >= 15 is 0 Å². The van der Waals surface area contributed by atoms with E-state index in [0.717, 1.165) is 38.0 Å². The molecule has 1 saturated heterocycles. The van der Waals surface area contributed by atoms with E-state index < -0.39 is 6.10 Å². The molecular weight excluding hydrogens is 264 g/mol. The molecule has 0 aromatic heterocycles. The molecule has 1 aliphatic heterocycles. The summed E-state index contributed by atoms with van der Waals surface area (Å²) in [6, 6.07) is 10.2. The second kappa shape index (κ2) is 8.15. The van der Waals surface area contributed by atoms with Crippen molar-refractivity contribution in [3.63, 3.8) is 0 Å². The third-order valence-corrected chi connectivity index (χ3v) is 3.97. The molecular formula is C17H26N2O2. The molecule has 2 unspecified atom stereocenters. The molecule has 21 heavy (non-hydrogen) atoms. The molecule has 1 fully saturated rings. The largest absolute Gasteiger partial charge is 0.367 e. The van der Waals surface area contributed by atoms with E-state index in [2.05, 4.69) is 12.2 Å². The Balaban J connectivity index is 2.07. The molecule has 1 aliphatic rings. The normalized spacial score (nSPS) is 19.4. The predicted octanol–water partition coefficient (Wildman–Crippen LogP) is 2.36. The third kappa shape index (κ3) is 4.29. The minimum absolute atomic E-state index is 0.0688. The SMILES string of the molecule is CCCN(CC1CCCN1)C(=O)C(OC)c1ccccc1. The highest BCUT2D eigenvalue weighted by Gasteiger charge is 2.27. The van der Waals surface area contributed by atoms with E-state index in [1.54, 1.807) is 7.11 Å². The van der Waals surface area contributed by atoms with Crippen LogP contribution >= 0.6 is 0 Å². The van der Waals surface area contributed by atoms with Gasteiger partial charge in [-0.15, -0.1) is 0 Å². The van der Waals surface area contributed by atoms with Gasteiger partial charge in [0.15, 0.2) is 6.10 Å². The number of hydrogen-bond acceptors (Lipinski definition) is 3. The molecule has 0 saturated carbocycles. The van der Waals surface area contributed by atoms with Crippen molar-refractivity contribution in [2.45, 2.75) is 38.3 Å². The summed E-state index contributed by atoms with van der Waals surface area (Å²) in [5, 5.41) is 3.46. The molecule has 0 aliphatic carbocycles. The predicted molar refractivity (Wildman–Crippen MR) is 84.1 cm³/mol. The van der Waals surface area contributed by atoms with Gasteiger partial charge in [-0.2, -0.15) is 0 Å². The molecule has 1 N–H and O–H groups in total. The fourth-order valence-corrected chi connectivity index (χ4v) is 2.91. The number of hydrogen-bond donors (Lipinski definition) is 1. The molecule has 0 spiro atoms. The molecule has 0 bridgehead atoms. The van der Waals surface area contributed by atoms with Crippen molar-refractivity contribution in [3.05, 3.63) is 35.9 Å². The molecule has 0 radical (unpaired) electrons. The fraction of sp³-hybridized carbons (Fsp3) is 0.588. The lowest BCUT2D eigenvalue weighted by Crippen LogP contribution is -2.43. The van der Waals surface area contributed by atoms with Gasteiger partial charge in [0.05, 0.1) is 0 Å². The van der Waals surface area contributed by atoms with Gasteiger partial charge >= 0.3 is 0 Å². The van der Waals surface area contributed by atoms with Gasteiger partial charge in [-0.1, -0.05) is 37.3 Å². The molecule has 4 nitrogen and oxygen atoms in total. The minimum Gasteiger partial charge on any atom is -0.367 e. The van der Waals surface area contributed by atoms with E-state index in [1.165, 1.54) is 6.42 Å². The van der Waals surface area contributed by atoms with Gasteiger partial charge in [-0.05, 0) is 31.4 Å². The lowest BCUT2D eigenvalue weighted by Gasteiger charge is -2.29. The van der Waals surface area contributed by atoms with Crippen LogP contribution in [0.3, 0.4) is 0 Å². The quantitative estimate of drug-likeness (QED) is 0.838. The topological polar surface area (TPSA) is 41.6 Å². The molecule has 1 heterocycles. The van der Waals surface area contributed by atoms with Crippen LogP contribution in [0.1, 0.15) is 37.9 Å². The summed E-state index contributed by atoms with van der Waals surface area (Å²) in [6.07, 6.45) is 2.81. The van der Waals surface area contributed by atoms with Gasteiger partial charge in [-0.3, -0.25) is 4.79 Å². The van der Waals surface area contributed by atoms with Crippen LogP contribution in [-0.2, 0) is 9.53 Å². The number of amides is 1. The summed E-state index contributed by atoms with van der Waals surface area (Å²) in [5.74, 6) is 0.0688. The maximum atomic E-state index is 12.8. The Morgan fingerprint density at radius 3 is 2.76 bits per heavy atom. The maximum absolute atomic E-state index is 12.8. The first-order chi connectivity index (χ1) is 10.3. The minimum atomic E-state index is -0.501. The summed E-state index contributed by atoms with van der Waals surface area (Å²) in [6.45, 7) is 4.72. The molecule has 116 valence electrons. The number of ether oxygens (including phenoxy) is 1. The van der Waals surface area contributed by atoms with Crippen LogP contribution in [0, 0.1) is 0 Å². The summed E-state index contributed by atoms with van der Waals surface area (Å²) in [7, 11) is 1.60. The number of methoxy groups -OCH3 is 1. The van der Waals surface area contributed by atoms with Gasteiger partial charge in [0.25, 0.3) is 5.91 Å². The second-order valence-corrected chi connectivity index (χ2v) is 5.60. The van der Waals surface area contributed by atoms with Crippen molar-refractivity contribution >= 4 is 5.91 Å². The van der Waals surface area contributed by atoms with E-state index in [-0.39, 0.29) is 5.91 Å². The highest BCUT2D eigenvalue weighted by atomic mass is 16.5. The van der Waals surface area contributed by atoms with Crippen LogP contribution < -0.4 is 5.32 Å². The number of carbonyl (C=O) groups excluding carboxylic acids is 1. The Bertz CT molecular complexity index is 430. The van der Waals surface area contributed by atoms with Gasteiger partial charge in [-0.25, -0.2) is 0 Å². The lowest BCUT2D eigenvalue weighted by molar-refractivity contribution is -0.142. The molecule has 1 aromatic carbocycles. The smallest absolute Gasteiger partial charge is 0.256 e. The fourth-order valence-electron chi connectivity index (χ4n) is 2.91. The van der Waals surface area contributed by atoms with Crippen molar-refractivity contribution < 1.29 is 9.53 Å². The molecule has 2 atom stereocenters. The lowest BCUT2D eigenvalue weighted by atomic mass is 10.1. The van der Waals surface area contributed by atoms with Crippen LogP contribution in [0.5, 0.6) is 0 Å². The monoisotopic (exact) mass is 290 g/mol. The summed E-state index contributed by atoms with van der Waals surface area (Å²) < 4.78 is 5.48. The zero-order valence-corrected chi connectivity index (χ0v) is 13.0. The molecule has 4 heteroatoms. The summed E-state index contributed by atoms with van der Waals surface area (Å²) in [5.41, 5.74) is 0.922. The van der Waals surface area contributed by atoms with Crippen LogP contribution in [0.15, 0.2) is 30.3 Å². The number of rotatable bonds is 7. The zero-order chi connectivity index (χ0) is 15.1. The van der Waals surface area contributed by atoms with Crippen molar-refractivity contribution in [3.8, 4) is 0 Å². The van der Waals surface area contributed by atoms with Crippen molar-refractivity contribution in [2.75, 3.05) is 26.7 Å². The summed E-state index contributed by atoms with van der Waals surface area (Å²) in [4.78, 5) is 14.8. The highest BCUT2D eigenvalue weighted by molar-refractivity contribution is 5.82. The van der Waals surface area contributed by atoms with E-state index in [0.29, 0.717) is 6.04 Å². The van der Waals surface area contributed by atoms with Gasteiger partial charge < -0.3 is 15.0 Å². The average molecular weight is 290 g/mol. The van der Waals surface area contributed by atoms with E-state index in [4.69, 9.17) is 4.74 Å². The van der Waals surface area contributed by atoms with Crippen molar-refractivity contribution in [2.24, 2.45) is 0 Å². The van der Waals surface area contributed by atoms with Crippen molar-refractivity contribution in [1.29, 1.82) is 0 Å². The Labute approximate surface area is 127 Å². The van der Waals surface area contributed by atoms with Gasteiger partial charge in [0.1, 0.15) is 0 Å². The Kier molecular flexibility index (Phi) is 6.21. The van der Waals surface area contributed by atoms with Crippen LogP contribution in [0.2, 0.25) is 0 Å². The standard InChI is InChI=1S/C17H26N2O2/c1-3-12-19(13-15-10-7-11-18-15)17(20)16(21-2)14-8-5-4-6-9-14/h4-6,8-9,15-16,18H,3,7,10-13H2,1-2H3. The number of nitrogens with one attached hydrogen (secondary N) is 1. The zero-order valence-electron chi connectivity index (χ0n) is 13.0. The van der Waals surface area contributed by atoms with E-state index in [9.17, 15) is 4.79 Å². The Morgan fingerprint density at radius 2 is 2.19 bits per heavy atom. The molecule has 1 aromatic rings. The van der Waals surface area contributed by atoms with E-state index in [1.807, 2.05) is 35.2 Å². The molecule has 2 rings (SSSR count). The van der Waals surface area contributed by atoms with Crippen molar-refractivity contribution in [1.82, 2.24) is 10.2 Å². The highest BCUT2D eigenvalue weighted by Crippen LogP contribution is 2.20. The number of carbonyl (C=O) groups is 1. The van der Waals surface area contributed by atoms with Gasteiger partial charge in [0, 0.05) is 26.2 Å². The van der Waals surface area contributed by atoms with Gasteiger partial charge in [0.2, 0.25) is 0 Å². The number of benzene rings is 1. The first-order valence-electron chi connectivity index (χ1n) is 7.86. The summed E-state index contributed by atoms with van der Waals surface area (Å²) >= 11 is 0. The number of nitrogens with zero attached hydrogens (tertiary/aromatic N) is 1. The third-order valence-electron chi connectivity index (χ3n) is 3.97. The first-order valence-corrected chi connectivity index (χ1v) is 7.86. The average Bonchev–Trinajstić information content (AvgIpc) is 3.01. The molecule has 1 amide bonds. The maximum Gasteiger partial charge on any atom is 0.256 e. The van der Waals surface area contributed by atoms with Crippen LogP contribution in [-0.4, -0.2) is 43.6 Å². The second-order valence-electron chi connectivity index (χ2n) is 5.60. The van der Waals surface area contributed by atoms with Crippen LogP contribution in [0.4, 0.5) is 0 Å². The first kappa shape index (κ1) is 16.0.